The Balaban J connectivity index is 2.00. The molecule has 24 heavy (non-hydrogen) atoms. The second-order valence-corrected chi connectivity index (χ2v) is 12.9. The van der Waals surface area contributed by atoms with Crippen LogP contribution in [0.3, 0.4) is 0 Å². The molecule has 5 heteroatoms. The monoisotopic (exact) mass is 350 g/mol. The Kier molecular flexibility index (Phi) is 6.02. The molecule has 1 unspecified atom stereocenters. The van der Waals surface area contributed by atoms with Gasteiger partial charge in [-0.15, -0.1) is 0 Å². The molecule has 4 nitrogen and oxygen atoms in total. The summed E-state index contributed by atoms with van der Waals surface area (Å²) in [5.41, 5.74) is 1.04. The summed E-state index contributed by atoms with van der Waals surface area (Å²) in [5, 5.41) is 10.4. The lowest BCUT2D eigenvalue weighted by molar-refractivity contribution is -0.145. The average molecular weight is 351 g/mol. The molecule has 0 saturated heterocycles. The highest BCUT2D eigenvalue weighted by atomic mass is 28.4. The van der Waals surface area contributed by atoms with Crippen molar-refractivity contribution < 1.29 is 19.1 Å². The van der Waals surface area contributed by atoms with Gasteiger partial charge in [-0.2, -0.15) is 0 Å². The first kappa shape index (κ1) is 19.3. The van der Waals surface area contributed by atoms with Crippen LogP contribution < -0.4 is 0 Å². The molecule has 0 spiro atoms. The van der Waals surface area contributed by atoms with Crippen molar-refractivity contribution in [2.45, 2.75) is 76.7 Å². The molecule has 1 aromatic carbocycles. The molecule has 134 valence electrons. The molecule has 0 heterocycles. The highest BCUT2D eigenvalue weighted by molar-refractivity contribution is 6.74. The molecule has 1 aromatic rings. The van der Waals surface area contributed by atoms with E-state index in [0.717, 1.165) is 5.56 Å². The van der Waals surface area contributed by atoms with E-state index in [1.54, 1.807) is 0 Å². The molecule has 1 fully saturated rings. The molecule has 3 atom stereocenters. The lowest BCUT2D eigenvalue weighted by atomic mass is 9.91. The van der Waals surface area contributed by atoms with E-state index >= 15 is 0 Å². The quantitative estimate of drug-likeness (QED) is 0.823. The smallest absolute Gasteiger partial charge is 0.192 e. The largest absolute Gasteiger partial charge is 0.411 e. The summed E-state index contributed by atoms with van der Waals surface area (Å²) in [6.45, 7) is 11.2. The predicted octanol–water partition coefficient (Wildman–Crippen LogP) is 3.69. The Morgan fingerprint density at radius 3 is 2.42 bits per heavy atom. The van der Waals surface area contributed by atoms with Crippen LogP contribution >= 0.6 is 0 Å². The predicted molar refractivity (Wildman–Crippen MR) is 97.3 cm³/mol. The fourth-order valence-corrected chi connectivity index (χ4v) is 3.95. The molecule has 1 saturated carbocycles. The van der Waals surface area contributed by atoms with Gasteiger partial charge in [0.1, 0.15) is 6.10 Å². The number of aliphatic hydroxyl groups excluding tert-OH is 1. The average Bonchev–Trinajstić information content (AvgIpc) is 2.48. The molecule has 1 aliphatic rings. The second-order valence-electron chi connectivity index (χ2n) is 8.18. The van der Waals surface area contributed by atoms with Gasteiger partial charge in [-0.1, -0.05) is 51.1 Å². The third kappa shape index (κ3) is 4.76. The molecular formula is C19H30O4Si. The van der Waals surface area contributed by atoms with Crippen molar-refractivity contribution in [1.29, 1.82) is 0 Å². The van der Waals surface area contributed by atoms with Crippen LogP contribution in [0.2, 0.25) is 18.1 Å². The van der Waals surface area contributed by atoms with Crippen molar-refractivity contribution in [1.82, 2.24) is 0 Å². The third-order valence-electron chi connectivity index (χ3n) is 5.19. The summed E-state index contributed by atoms with van der Waals surface area (Å²) in [4.78, 5) is 12.2. The Labute approximate surface area is 146 Å². The van der Waals surface area contributed by atoms with Crippen molar-refractivity contribution in [2.75, 3.05) is 0 Å². The van der Waals surface area contributed by atoms with Crippen molar-refractivity contribution >= 4 is 14.1 Å². The number of rotatable bonds is 5. The summed E-state index contributed by atoms with van der Waals surface area (Å²) in [6, 6.07) is 9.81. The minimum Gasteiger partial charge on any atom is -0.411 e. The van der Waals surface area contributed by atoms with Gasteiger partial charge in [0.15, 0.2) is 14.1 Å². The van der Waals surface area contributed by atoms with E-state index < -0.39 is 20.5 Å². The van der Waals surface area contributed by atoms with Gasteiger partial charge in [-0.05, 0) is 23.7 Å². The van der Waals surface area contributed by atoms with E-state index in [-0.39, 0.29) is 23.3 Å². The van der Waals surface area contributed by atoms with Gasteiger partial charge >= 0.3 is 0 Å². The normalized spacial score (nSPS) is 25.8. The minimum atomic E-state index is -2.00. The van der Waals surface area contributed by atoms with Crippen molar-refractivity contribution in [3.05, 3.63) is 35.9 Å². The Morgan fingerprint density at radius 2 is 1.83 bits per heavy atom. The van der Waals surface area contributed by atoms with E-state index in [4.69, 9.17) is 9.16 Å². The lowest BCUT2D eigenvalue weighted by Crippen LogP contribution is -2.52. The number of hydrogen-bond donors (Lipinski definition) is 1. The molecule has 0 radical (unpaired) electrons. The highest BCUT2D eigenvalue weighted by Gasteiger charge is 2.44. The van der Waals surface area contributed by atoms with E-state index in [1.807, 2.05) is 30.3 Å². The van der Waals surface area contributed by atoms with E-state index in [9.17, 15) is 9.90 Å². The zero-order valence-corrected chi connectivity index (χ0v) is 16.4. The van der Waals surface area contributed by atoms with Gasteiger partial charge < -0.3 is 14.3 Å². The van der Waals surface area contributed by atoms with Crippen LogP contribution in [0.4, 0.5) is 0 Å². The van der Waals surface area contributed by atoms with Crippen LogP contribution in [0.15, 0.2) is 30.3 Å². The van der Waals surface area contributed by atoms with Gasteiger partial charge in [-0.25, -0.2) is 0 Å². The maximum absolute atomic E-state index is 12.2. The number of aliphatic hydroxyl groups is 1. The standard InChI is InChI=1S/C19H30O4Si/c1-19(2,3)24(4,5)23-18-12-17(15(20)11-16(18)21)22-13-14-9-7-6-8-10-14/h6-10,16-18,21H,11-13H2,1-5H3/t16?,17-,18+/m0/s1. The fraction of sp³-hybridized carbons (Fsp3) is 0.632. The number of benzene rings is 1. The van der Waals surface area contributed by atoms with Gasteiger partial charge in [0.2, 0.25) is 0 Å². The van der Waals surface area contributed by atoms with Crippen LogP contribution in [-0.2, 0) is 20.6 Å². The van der Waals surface area contributed by atoms with E-state index in [2.05, 4.69) is 33.9 Å². The first-order valence-corrected chi connectivity index (χ1v) is 11.5. The number of ketones is 1. The number of Topliss-reactive ketones (excluding diaryl/α,β-unsaturated/α-hetero) is 1. The fourth-order valence-electron chi connectivity index (χ4n) is 2.58. The molecule has 0 aliphatic heterocycles. The van der Waals surface area contributed by atoms with Crippen molar-refractivity contribution in [3.8, 4) is 0 Å². The molecule has 0 amide bonds. The summed E-state index contributed by atoms with van der Waals surface area (Å²) < 4.78 is 12.2. The van der Waals surface area contributed by atoms with Crippen molar-refractivity contribution in [2.24, 2.45) is 0 Å². The zero-order chi connectivity index (χ0) is 18.0. The number of hydrogen-bond acceptors (Lipinski definition) is 4. The number of carbonyl (C=O) groups is 1. The molecule has 1 N–H and O–H groups in total. The zero-order valence-electron chi connectivity index (χ0n) is 15.4. The highest BCUT2D eigenvalue weighted by Crippen LogP contribution is 2.39. The van der Waals surface area contributed by atoms with Crippen LogP contribution in [0.1, 0.15) is 39.2 Å². The third-order valence-corrected chi connectivity index (χ3v) is 9.70. The van der Waals surface area contributed by atoms with E-state index in [0.29, 0.717) is 13.0 Å². The van der Waals surface area contributed by atoms with Crippen LogP contribution in [-0.4, -0.2) is 37.5 Å². The van der Waals surface area contributed by atoms with Crippen LogP contribution in [0, 0.1) is 0 Å². The van der Waals surface area contributed by atoms with Gasteiger partial charge in [0.05, 0.1) is 18.8 Å². The number of carbonyl (C=O) groups excluding carboxylic acids is 1. The van der Waals surface area contributed by atoms with Crippen LogP contribution in [0.5, 0.6) is 0 Å². The minimum absolute atomic E-state index is 0.0338. The van der Waals surface area contributed by atoms with E-state index in [1.165, 1.54) is 0 Å². The number of ether oxygens (including phenoxy) is 1. The van der Waals surface area contributed by atoms with Gasteiger partial charge in [0, 0.05) is 12.8 Å². The Hall–Kier alpha value is -1.01. The second kappa shape index (κ2) is 7.48. The summed E-state index contributed by atoms with van der Waals surface area (Å²) in [7, 11) is -2.00. The van der Waals surface area contributed by atoms with Gasteiger partial charge in [-0.3, -0.25) is 4.79 Å². The van der Waals surface area contributed by atoms with Gasteiger partial charge in [0.25, 0.3) is 0 Å². The molecule has 0 aromatic heterocycles. The maximum atomic E-state index is 12.2. The SMILES string of the molecule is CC(C)(C)[Si](C)(C)O[C@@H]1C[C@H](OCc2ccccc2)C(=O)CC1O. The van der Waals surface area contributed by atoms with Crippen molar-refractivity contribution in [3.63, 3.8) is 0 Å². The molecule has 0 bridgehead atoms. The molecule has 1 aliphatic carbocycles. The molecular weight excluding hydrogens is 320 g/mol. The Bertz CT molecular complexity index is 550. The summed E-state index contributed by atoms with van der Waals surface area (Å²) in [5.74, 6) is -0.0338. The maximum Gasteiger partial charge on any atom is 0.192 e. The first-order valence-electron chi connectivity index (χ1n) is 8.64. The lowest BCUT2D eigenvalue weighted by Gasteiger charge is -2.42. The topological polar surface area (TPSA) is 55.8 Å². The summed E-state index contributed by atoms with van der Waals surface area (Å²) in [6.07, 6.45) is -1.02. The Morgan fingerprint density at radius 1 is 1.21 bits per heavy atom. The summed E-state index contributed by atoms with van der Waals surface area (Å²) >= 11 is 0. The van der Waals surface area contributed by atoms with Crippen LogP contribution in [0.25, 0.3) is 0 Å². The molecule has 2 rings (SSSR count). The first-order chi connectivity index (χ1) is 11.1.